The maximum absolute atomic E-state index is 5.11. The van der Waals surface area contributed by atoms with Gasteiger partial charge in [0.15, 0.2) is 5.11 Å². The number of nitrogens with zero attached hydrogens (tertiary/aromatic N) is 3. The average molecular weight is 272 g/mol. The van der Waals surface area contributed by atoms with Crippen molar-refractivity contribution in [1.29, 1.82) is 0 Å². The zero-order chi connectivity index (χ0) is 13.8. The molecule has 0 amide bonds. The molecule has 1 aromatic carbocycles. The molecule has 0 atom stereocenters. The molecule has 0 saturated carbocycles. The Labute approximate surface area is 118 Å². The van der Waals surface area contributed by atoms with Crippen LogP contribution in [-0.4, -0.2) is 34.8 Å². The van der Waals surface area contributed by atoms with Crippen LogP contribution in [0.4, 0.5) is 0 Å². The molecule has 0 aliphatic rings. The second kappa shape index (κ2) is 5.75. The first-order valence-electron chi connectivity index (χ1n) is 5.95. The number of fused-ring (bicyclic) bond motifs is 1. The summed E-state index contributed by atoms with van der Waals surface area (Å²) in [6.45, 7) is 1.91. The van der Waals surface area contributed by atoms with Gasteiger partial charge in [-0.25, -0.2) is 4.98 Å². The summed E-state index contributed by atoms with van der Waals surface area (Å²) in [5.74, 6) is 0. The van der Waals surface area contributed by atoms with E-state index in [2.05, 4.69) is 15.5 Å². The van der Waals surface area contributed by atoms with Crippen molar-refractivity contribution in [3.05, 3.63) is 42.1 Å². The number of benzene rings is 1. The van der Waals surface area contributed by atoms with E-state index < -0.39 is 0 Å². The third kappa shape index (κ3) is 3.26. The molecule has 0 aliphatic heterocycles. The summed E-state index contributed by atoms with van der Waals surface area (Å²) in [6.07, 6.45) is 0. The number of hydrogen-bond acceptors (Lipinski definition) is 3. The number of para-hydroxylation sites is 1. The summed E-state index contributed by atoms with van der Waals surface area (Å²) in [4.78, 5) is 6.36. The van der Waals surface area contributed by atoms with E-state index in [9.17, 15) is 0 Å². The number of aromatic nitrogens is 1. The van der Waals surface area contributed by atoms with Crippen molar-refractivity contribution >= 4 is 33.9 Å². The van der Waals surface area contributed by atoms with Crippen molar-refractivity contribution < 1.29 is 0 Å². The quantitative estimate of drug-likeness (QED) is 0.518. The van der Waals surface area contributed by atoms with Crippen LogP contribution in [0.15, 0.2) is 41.5 Å². The molecule has 2 aromatic rings. The van der Waals surface area contributed by atoms with Crippen LogP contribution in [0.3, 0.4) is 0 Å². The molecule has 1 aromatic heterocycles. The fraction of sp³-hybridized carbons (Fsp3) is 0.214. The molecule has 5 heteroatoms. The molecule has 0 fully saturated rings. The second-order valence-electron chi connectivity index (χ2n) is 4.40. The maximum atomic E-state index is 5.11. The topological polar surface area (TPSA) is 40.5 Å². The van der Waals surface area contributed by atoms with Crippen LogP contribution < -0.4 is 5.43 Å². The van der Waals surface area contributed by atoms with E-state index in [4.69, 9.17) is 12.2 Å². The van der Waals surface area contributed by atoms with Gasteiger partial charge in [0.05, 0.1) is 16.9 Å². The lowest BCUT2D eigenvalue weighted by molar-refractivity contribution is 0.606. The third-order valence-electron chi connectivity index (χ3n) is 2.69. The predicted octanol–water partition coefficient (Wildman–Crippen LogP) is 2.39. The predicted molar refractivity (Wildman–Crippen MR) is 83.4 cm³/mol. The van der Waals surface area contributed by atoms with Gasteiger partial charge in [0.25, 0.3) is 0 Å². The van der Waals surface area contributed by atoms with Gasteiger partial charge in [-0.3, -0.25) is 5.43 Å². The third-order valence-corrected chi connectivity index (χ3v) is 3.15. The van der Waals surface area contributed by atoms with E-state index in [1.165, 1.54) is 0 Å². The van der Waals surface area contributed by atoms with Gasteiger partial charge < -0.3 is 4.90 Å². The number of pyridine rings is 1. The van der Waals surface area contributed by atoms with Crippen LogP contribution in [-0.2, 0) is 0 Å². The molecule has 2 rings (SSSR count). The van der Waals surface area contributed by atoms with E-state index in [0.717, 1.165) is 22.3 Å². The first kappa shape index (κ1) is 13.4. The summed E-state index contributed by atoms with van der Waals surface area (Å²) < 4.78 is 0. The minimum Gasteiger partial charge on any atom is -0.354 e. The number of hydrazone groups is 1. The Kier molecular flexibility index (Phi) is 4.06. The molecule has 0 bridgehead atoms. The van der Waals surface area contributed by atoms with Crippen molar-refractivity contribution in [2.24, 2.45) is 5.10 Å². The highest BCUT2D eigenvalue weighted by atomic mass is 32.1. The molecule has 0 spiro atoms. The molecule has 98 valence electrons. The van der Waals surface area contributed by atoms with E-state index >= 15 is 0 Å². The lowest BCUT2D eigenvalue weighted by atomic mass is 10.2. The fourth-order valence-corrected chi connectivity index (χ4v) is 1.60. The average Bonchev–Trinajstić information content (AvgIpc) is 2.43. The van der Waals surface area contributed by atoms with Gasteiger partial charge >= 0.3 is 0 Å². The molecule has 1 heterocycles. The summed E-state index contributed by atoms with van der Waals surface area (Å²) in [7, 11) is 3.74. The first-order valence-corrected chi connectivity index (χ1v) is 6.36. The normalized spacial score (nSPS) is 11.4. The maximum Gasteiger partial charge on any atom is 0.189 e. The highest BCUT2D eigenvalue weighted by molar-refractivity contribution is 7.80. The summed E-state index contributed by atoms with van der Waals surface area (Å²) in [5.41, 5.74) is 5.44. The van der Waals surface area contributed by atoms with Crippen LogP contribution in [0.2, 0.25) is 0 Å². The molecule has 0 aliphatic carbocycles. The smallest absolute Gasteiger partial charge is 0.189 e. The molecule has 0 unspecified atom stereocenters. The van der Waals surface area contributed by atoms with Gasteiger partial charge in [0.1, 0.15) is 0 Å². The summed E-state index contributed by atoms with van der Waals surface area (Å²) >= 11 is 5.11. The zero-order valence-corrected chi connectivity index (χ0v) is 12.0. The number of rotatable bonds is 2. The number of thiocarbonyl (C=S) groups is 1. The highest BCUT2D eigenvalue weighted by Crippen LogP contribution is 2.12. The van der Waals surface area contributed by atoms with Crippen molar-refractivity contribution in [3.8, 4) is 0 Å². The van der Waals surface area contributed by atoms with Crippen molar-refractivity contribution in [1.82, 2.24) is 15.3 Å². The highest BCUT2D eigenvalue weighted by Gasteiger charge is 2.02. The van der Waals surface area contributed by atoms with Crippen LogP contribution >= 0.6 is 12.2 Å². The first-order chi connectivity index (χ1) is 9.08. The molecule has 0 saturated heterocycles. The van der Waals surface area contributed by atoms with Crippen molar-refractivity contribution in [2.75, 3.05) is 14.1 Å². The molecule has 4 nitrogen and oxygen atoms in total. The SMILES string of the molecule is CC(=NNC(=S)N(C)C)c1ccc2ccccc2n1. The Balaban J connectivity index is 2.23. The fourth-order valence-electron chi connectivity index (χ4n) is 1.56. The van der Waals surface area contributed by atoms with E-state index in [-0.39, 0.29) is 0 Å². The largest absolute Gasteiger partial charge is 0.354 e. The van der Waals surface area contributed by atoms with E-state index in [1.807, 2.05) is 57.4 Å². The monoisotopic (exact) mass is 272 g/mol. The van der Waals surface area contributed by atoms with Crippen LogP contribution in [0.1, 0.15) is 12.6 Å². The summed E-state index contributed by atoms with van der Waals surface area (Å²) in [5, 5.41) is 5.93. The molecular formula is C14H16N4S. The summed E-state index contributed by atoms with van der Waals surface area (Å²) in [6, 6.07) is 12.0. The van der Waals surface area contributed by atoms with Crippen LogP contribution in [0.25, 0.3) is 10.9 Å². The molecule has 1 N–H and O–H groups in total. The van der Waals surface area contributed by atoms with Gasteiger partial charge in [-0.1, -0.05) is 24.3 Å². The van der Waals surface area contributed by atoms with Crippen LogP contribution in [0.5, 0.6) is 0 Å². The van der Waals surface area contributed by atoms with Crippen molar-refractivity contribution in [2.45, 2.75) is 6.92 Å². The molecule has 19 heavy (non-hydrogen) atoms. The number of hydrogen-bond donors (Lipinski definition) is 1. The zero-order valence-electron chi connectivity index (χ0n) is 11.2. The Morgan fingerprint density at radius 1 is 1.21 bits per heavy atom. The van der Waals surface area contributed by atoms with Gasteiger partial charge in [0, 0.05) is 19.5 Å². The minimum absolute atomic E-state index is 0.570. The Morgan fingerprint density at radius 2 is 1.95 bits per heavy atom. The van der Waals surface area contributed by atoms with Gasteiger partial charge in [0.2, 0.25) is 0 Å². The second-order valence-corrected chi connectivity index (χ2v) is 4.78. The lowest BCUT2D eigenvalue weighted by Crippen LogP contribution is -2.31. The Hall–Kier alpha value is -2.01. The lowest BCUT2D eigenvalue weighted by Gasteiger charge is -2.12. The standard InChI is InChI=1S/C14H16N4S/c1-10(16-17-14(19)18(2)3)12-9-8-11-6-4-5-7-13(11)15-12/h4-9H,1-3H3,(H,17,19). The van der Waals surface area contributed by atoms with Gasteiger partial charge in [-0.2, -0.15) is 5.10 Å². The van der Waals surface area contributed by atoms with E-state index in [0.29, 0.717) is 5.11 Å². The minimum atomic E-state index is 0.570. The van der Waals surface area contributed by atoms with Gasteiger partial charge in [-0.05, 0) is 31.3 Å². The van der Waals surface area contributed by atoms with Crippen LogP contribution in [0, 0.1) is 0 Å². The van der Waals surface area contributed by atoms with E-state index in [1.54, 1.807) is 4.90 Å². The van der Waals surface area contributed by atoms with Crippen molar-refractivity contribution in [3.63, 3.8) is 0 Å². The number of nitrogens with one attached hydrogen (secondary N) is 1. The Bertz CT molecular complexity index is 634. The Morgan fingerprint density at radius 3 is 2.68 bits per heavy atom. The van der Waals surface area contributed by atoms with Gasteiger partial charge in [-0.15, -0.1) is 0 Å². The molecular weight excluding hydrogens is 256 g/mol. The molecule has 0 radical (unpaired) electrons.